The second-order valence-corrected chi connectivity index (χ2v) is 5.28. The fourth-order valence-electron chi connectivity index (χ4n) is 1.76. The second kappa shape index (κ2) is 5.22. The highest BCUT2D eigenvalue weighted by molar-refractivity contribution is 14.1. The van der Waals surface area contributed by atoms with Crippen molar-refractivity contribution in [2.24, 2.45) is 5.73 Å². The molecule has 1 heterocycles. The molecule has 2 N–H and O–H groups in total. The van der Waals surface area contributed by atoms with Crippen molar-refractivity contribution in [1.29, 1.82) is 0 Å². The van der Waals surface area contributed by atoms with Crippen molar-refractivity contribution in [2.75, 3.05) is 5.88 Å². The maximum atomic E-state index is 11.1. The lowest BCUT2D eigenvalue weighted by molar-refractivity contribution is -0.118. The molecule has 1 aromatic heterocycles. The van der Waals surface area contributed by atoms with Gasteiger partial charge in [0, 0.05) is 15.9 Å². The summed E-state index contributed by atoms with van der Waals surface area (Å²) in [6.07, 6.45) is 0.625. The van der Waals surface area contributed by atoms with Gasteiger partial charge in [0.15, 0.2) is 0 Å². The molecule has 0 saturated heterocycles. The molecule has 0 spiro atoms. The monoisotopic (exact) mass is 363 g/mol. The predicted octanol–water partition coefficient (Wildman–Crippen LogP) is 1.91. The van der Waals surface area contributed by atoms with Crippen molar-refractivity contribution < 1.29 is 4.79 Å². The van der Waals surface area contributed by atoms with E-state index in [-0.39, 0.29) is 12.5 Å². The number of rotatable bonds is 4. The van der Waals surface area contributed by atoms with E-state index in [9.17, 15) is 4.79 Å². The number of hydrogen-bond acceptors (Lipinski definition) is 2. The molecule has 0 atom stereocenters. The van der Waals surface area contributed by atoms with Gasteiger partial charge in [-0.25, -0.2) is 4.98 Å². The van der Waals surface area contributed by atoms with Crippen LogP contribution in [-0.4, -0.2) is 21.3 Å². The van der Waals surface area contributed by atoms with Crippen LogP contribution in [0.3, 0.4) is 0 Å². The van der Waals surface area contributed by atoms with Crippen LogP contribution in [0.15, 0.2) is 18.2 Å². The summed E-state index contributed by atoms with van der Waals surface area (Å²) in [7, 11) is 0. The number of nitrogens with two attached hydrogens (primary N) is 1. The third kappa shape index (κ3) is 2.71. The van der Waals surface area contributed by atoms with Crippen LogP contribution in [0, 0.1) is 3.57 Å². The van der Waals surface area contributed by atoms with Gasteiger partial charge in [-0.2, -0.15) is 0 Å². The first-order valence-corrected chi connectivity index (χ1v) is 6.72. The minimum atomic E-state index is -0.376. The Labute approximate surface area is 117 Å². The Bertz CT molecular complexity index is 567. The SMILES string of the molecule is NC(=O)Cn1c(CCCl)nc2cc(I)ccc21. The van der Waals surface area contributed by atoms with Crippen molar-refractivity contribution >= 4 is 51.1 Å². The predicted molar refractivity (Wildman–Crippen MR) is 76.1 cm³/mol. The number of aryl methyl sites for hydroxylation is 1. The molecule has 6 heteroatoms. The number of aromatic nitrogens is 2. The van der Waals surface area contributed by atoms with E-state index in [0.717, 1.165) is 20.4 Å². The fraction of sp³-hybridized carbons (Fsp3) is 0.273. The van der Waals surface area contributed by atoms with Crippen molar-refractivity contribution in [3.63, 3.8) is 0 Å². The standard InChI is InChI=1S/C11H11ClIN3O/c12-4-3-11-15-8-5-7(13)1-2-9(8)16(11)6-10(14)17/h1-2,5H,3-4,6H2,(H2,14,17). The number of halogens is 2. The lowest BCUT2D eigenvalue weighted by Crippen LogP contribution is -2.20. The summed E-state index contributed by atoms with van der Waals surface area (Å²) in [4.78, 5) is 15.6. The molecule has 0 bridgehead atoms. The first kappa shape index (κ1) is 12.6. The number of hydrogen-bond donors (Lipinski definition) is 1. The van der Waals surface area contributed by atoms with Crippen LogP contribution in [0.5, 0.6) is 0 Å². The minimum absolute atomic E-state index is 0.142. The van der Waals surface area contributed by atoms with Gasteiger partial charge in [0.25, 0.3) is 0 Å². The smallest absolute Gasteiger partial charge is 0.237 e. The summed E-state index contributed by atoms with van der Waals surface area (Å²) in [5, 5.41) is 0. The fourth-order valence-corrected chi connectivity index (χ4v) is 2.40. The summed E-state index contributed by atoms with van der Waals surface area (Å²) >= 11 is 7.96. The molecule has 90 valence electrons. The third-order valence-corrected chi connectivity index (χ3v) is 3.28. The number of imidazole rings is 1. The molecule has 2 aromatic rings. The van der Waals surface area contributed by atoms with E-state index in [2.05, 4.69) is 27.6 Å². The van der Waals surface area contributed by atoms with Gasteiger partial charge in [0.05, 0.1) is 11.0 Å². The Balaban J connectivity index is 2.57. The van der Waals surface area contributed by atoms with Crippen LogP contribution < -0.4 is 5.73 Å². The number of alkyl halides is 1. The Morgan fingerprint density at radius 3 is 2.94 bits per heavy atom. The van der Waals surface area contributed by atoms with Crippen LogP contribution in [0.4, 0.5) is 0 Å². The highest BCUT2D eigenvalue weighted by Gasteiger charge is 2.12. The zero-order valence-corrected chi connectivity index (χ0v) is 11.9. The summed E-state index contributed by atoms with van der Waals surface area (Å²) < 4.78 is 2.94. The quantitative estimate of drug-likeness (QED) is 0.666. The van der Waals surface area contributed by atoms with E-state index >= 15 is 0 Å². The normalized spacial score (nSPS) is 10.9. The zero-order chi connectivity index (χ0) is 12.4. The van der Waals surface area contributed by atoms with E-state index in [1.807, 2.05) is 22.8 Å². The molecule has 0 aliphatic carbocycles. The van der Waals surface area contributed by atoms with Crippen molar-refractivity contribution in [3.8, 4) is 0 Å². The van der Waals surface area contributed by atoms with E-state index in [0.29, 0.717) is 12.3 Å². The summed E-state index contributed by atoms with van der Waals surface area (Å²) in [6.45, 7) is 0.142. The van der Waals surface area contributed by atoms with Crippen LogP contribution in [0.25, 0.3) is 11.0 Å². The van der Waals surface area contributed by atoms with Crippen LogP contribution >= 0.6 is 34.2 Å². The van der Waals surface area contributed by atoms with Gasteiger partial charge < -0.3 is 10.3 Å². The largest absolute Gasteiger partial charge is 0.368 e. The molecule has 1 amide bonds. The second-order valence-electron chi connectivity index (χ2n) is 3.65. The lowest BCUT2D eigenvalue weighted by atomic mass is 10.3. The highest BCUT2D eigenvalue weighted by atomic mass is 127. The van der Waals surface area contributed by atoms with Gasteiger partial charge in [-0.15, -0.1) is 11.6 Å². The number of nitrogens with zero attached hydrogens (tertiary/aromatic N) is 2. The topological polar surface area (TPSA) is 60.9 Å². The van der Waals surface area contributed by atoms with Crippen LogP contribution in [0.2, 0.25) is 0 Å². The van der Waals surface area contributed by atoms with E-state index in [4.69, 9.17) is 17.3 Å². The van der Waals surface area contributed by atoms with E-state index in [1.165, 1.54) is 0 Å². The first-order valence-electron chi connectivity index (χ1n) is 5.10. The zero-order valence-electron chi connectivity index (χ0n) is 8.99. The summed E-state index contributed by atoms with van der Waals surface area (Å²) in [6, 6.07) is 5.91. The first-order chi connectivity index (χ1) is 8.11. The summed E-state index contributed by atoms with van der Waals surface area (Å²) in [5.74, 6) is 0.897. The number of amides is 1. The van der Waals surface area contributed by atoms with Crippen LogP contribution in [-0.2, 0) is 17.8 Å². The molecule has 2 rings (SSSR count). The molecule has 0 unspecified atom stereocenters. The molecule has 17 heavy (non-hydrogen) atoms. The molecule has 0 fully saturated rings. The molecular formula is C11H11ClIN3O. The molecule has 0 radical (unpaired) electrons. The Morgan fingerprint density at radius 1 is 1.53 bits per heavy atom. The molecule has 1 aromatic carbocycles. The molecular weight excluding hydrogens is 352 g/mol. The third-order valence-electron chi connectivity index (χ3n) is 2.42. The van der Waals surface area contributed by atoms with Crippen LogP contribution in [0.1, 0.15) is 5.82 Å². The maximum absolute atomic E-state index is 11.1. The maximum Gasteiger partial charge on any atom is 0.237 e. The lowest BCUT2D eigenvalue weighted by Gasteiger charge is -2.05. The average molecular weight is 364 g/mol. The Kier molecular flexibility index (Phi) is 3.88. The van der Waals surface area contributed by atoms with E-state index < -0.39 is 0 Å². The van der Waals surface area contributed by atoms with Gasteiger partial charge >= 0.3 is 0 Å². The number of carbonyl (C=O) groups is 1. The Morgan fingerprint density at radius 2 is 2.29 bits per heavy atom. The van der Waals surface area contributed by atoms with Gasteiger partial charge in [-0.05, 0) is 40.8 Å². The number of carbonyl (C=O) groups excluding carboxylic acids is 1. The number of fused-ring (bicyclic) bond motifs is 1. The van der Waals surface area contributed by atoms with Gasteiger partial charge in [-0.1, -0.05) is 0 Å². The van der Waals surface area contributed by atoms with Crippen molar-refractivity contribution in [3.05, 3.63) is 27.6 Å². The molecule has 0 aliphatic rings. The highest BCUT2D eigenvalue weighted by Crippen LogP contribution is 2.19. The van der Waals surface area contributed by atoms with Gasteiger partial charge in [-0.3, -0.25) is 4.79 Å². The van der Waals surface area contributed by atoms with Crippen molar-refractivity contribution in [2.45, 2.75) is 13.0 Å². The number of primary amides is 1. The molecule has 0 aliphatic heterocycles. The average Bonchev–Trinajstić information content (AvgIpc) is 2.56. The molecule has 4 nitrogen and oxygen atoms in total. The minimum Gasteiger partial charge on any atom is -0.368 e. The Hall–Kier alpha value is -0.820. The van der Waals surface area contributed by atoms with Gasteiger partial charge in [0.2, 0.25) is 5.91 Å². The van der Waals surface area contributed by atoms with E-state index in [1.54, 1.807) is 0 Å². The van der Waals surface area contributed by atoms with Crippen molar-refractivity contribution in [1.82, 2.24) is 9.55 Å². The molecule has 0 saturated carbocycles. The van der Waals surface area contributed by atoms with Gasteiger partial charge in [0.1, 0.15) is 12.4 Å². The summed E-state index contributed by atoms with van der Waals surface area (Å²) in [5.41, 5.74) is 7.04. The number of benzene rings is 1.